The molecular weight excluding hydrogens is 156 g/mol. The van der Waals surface area contributed by atoms with Crippen molar-refractivity contribution in [1.29, 1.82) is 0 Å². The average molecular weight is 174 g/mol. The first-order valence-electron chi connectivity index (χ1n) is 5.03. The van der Waals surface area contributed by atoms with Crippen molar-refractivity contribution in [2.75, 3.05) is 0 Å². The van der Waals surface area contributed by atoms with Crippen molar-refractivity contribution in [1.82, 2.24) is 0 Å². The number of fused-ring (bicyclic) bond motifs is 1. The highest BCUT2D eigenvalue weighted by Gasteiger charge is 2.09. The van der Waals surface area contributed by atoms with E-state index in [9.17, 15) is 0 Å². The third-order valence-corrected chi connectivity index (χ3v) is 2.30. The van der Waals surface area contributed by atoms with Gasteiger partial charge >= 0.3 is 0 Å². The number of aryl methyl sites for hydroxylation is 1. The Bertz CT molecular complexity index is 319. The second-order valence-corrected chi connectivity index (χ2v) is 3.31. The minimum Gasteiger partial charge on any atom is -0.0683 e. The van der Waals surface area contributed by atoms with Crippen molar-refractivity contribution in [2.24, 2.45) is 0 Å². The molecule has 1 aromatic rings. The molecule has 0 heteroatoms. The lowest BCUT2D eigenvalue weighted by molar-refractivity contribution is 1.16. The Hall–Kier alpha value is -1.04. The van der Waals surface area contributed by atoms with Gasteiger partial charge < -0.3 is 0 Å². The zero-order valence-electron chi connectivity index (χ0n) is 9.02. The summed E-state index contributed by atoms with van der Waals surface area (Å²) < 4.78 is 0. The SMILES string of the molecule is CC.CC1=Cc2cccc(C)c2C1. The van der Waals surface area contributed by atoms with Crippen LogP contribution in [0.4, 0.5) is 0 Å². The molecule has 0 saturated carbocycles. The molecule has 0 atom stereocenters. The van der Waals surface area contributed by atoms with Crippen LogP contribution in [0.2, 0.25) is 0 Å². The second kappa shape index (κ2) is 4.27. The molecule has 2 rings (SSSR count). The van der Waals surface area contributed by atoms with Crippen LogP contribution in [0.1, 0.15) is 37.5 Å². The minimum atomic E-state index is 1.15. The van der Waals surface area contributed by atoms with Crippen LogP contribution in [0.5, 0.6) is 0 Å². The molecule has 0 bridgehead atoms. The highest BCUT2D eigenvalue weighted by molar-refractivity contribution is 5.64. The Morgan fingerprint density at radius 3 is 2.38 bits per heavy atom. The number of benzene rings is 1. The monoisotopic (exact) mass is 174 g/mol. The van der Waals surface area contributed by atoms with E-state index in [2.05, 4.69) is 38.1 Å². The van der Waals surface area contributed by atoms with Gasteiger partial charge in [0.05, 0.1) is 0 Å². The molecule has 1 aliphatic rings. The molecule has 0 amide bonds. The largest absolute Gasteiger partial charge is 0.0683 e. The van der Waals surface area contributed by atoms with Crippen molar-refractivity contribution in [2.45, 2.75) is 34.1 Å². The summed E-state index contributed by atoms with van der Waals surface area (Å²) in [4.78, 5) is 0. The van der Waals surface area contributed by atoms with E-state index < -0.39 is 0 Å². The summed E-state index contributed by atoms with van der Waals surface area (Å²) in [7, 11) is 0. The van der Waals surface area contributed by atoms with Gasteiger partial charge in [-0.2, -0.15) is 0 Å². The van der Waals surface area contributed by atoms with Gasteiger partial charge in [0, 0.05) is 0 Å². The van der Waals surface area contributed by atoms with Crippen molar-refractivity contribution < 1.29 is 0 Å². The van der Waals surface area contributed by atoms with Gasteiger partial charge in [-0.15, -0.1) is 0 Å². The number of hydrogen-bond acceptors (Lipinski definition) is 0. The highest BCUT2D eigenvalue weighted by Crippen LogP contribution is 2.26. The Balaban J connectivity index is 0.000000396. The van der Waals surface area contributed by atoms with Gasteiger partial charge in [0.15, 0.2) is 0 Å². The van der Waals surface area contributed by atoms with E-state index in [-0.39, 0.29) is 0 Å². The molecule has 0 saturated heterocycles. The van der Waals surface area contributed by atoms with E-state index in [1.165, 1.54) is 22.3 Å². The first-order chi connectivity index (χ1) is 6.27. The van der Waals surface area contributed by atoms with E-state index in [1.54, 1.807) is 0 Å². The lowest BCUT2D eigenvalue weighted by Crippen LogP contribution is -1.86. The van der Waals surface area contributed by atoms with Gasteiger partial charge in [-0.1, -0.05) is 43.7 Å². The topological polar surface area (TPSA) is 0 Å². The molecule has 0 spiro atoms. The lowest BCUT2D eigenvalue weighted by atomic mass is 10.0. The van der Waals surface area contributed by atoms with Crippen LogP contribution in [-0.2, 0) is 6.42 Å². The molecule has 0 unspecified atom stereocenters. The zero-order chi connectivity index (χ0) is 9.84. The maximum Gasteiger partial charge on any atom is -0.00580 e. The van der Waals surface area contributed by atoms with Crippen molar-refractivity contribution >= 4 is 6.08 Å². The fraction of sp³-hybridized carbons (Fsp3) is 0.385. The van der Waals surface area contributed by atoms with Gasteiger partial charge in [0.1, 0.15) is 0 Å². The molecule has 0 nitrogen and oxygen atoms in total. The van der Waals surface area contributed by atoms with Crippen LogP contribution in [0.3, 0.4) is 0 Å². The first kappa shape index (κ1) is 10.0. The van der Waals surface area contributed by atoms with E-state index >= 15 is 0 Å². The van der Waals surface area contributed by atoms with Crippen LogP contribution < -0.4 is 0 Å². The average Bonchev–Trinajstić information content (AvgIpc) is 2.51. The number of allylic oxidation sites excluding steroid dienone is 1. The molecule has 1 aliphatic carbocycles. The van der Waals surface area contributed by atoms with Crippen molar-refractivity contribution in [3.8, 4) is 0 Å². The molecule has 0 fully saturated rings. The standard InChI is InChI=1S/C11H12.C2H6/c1-8-6-10-5-3-4-9(2)11(10)7-8;1-2/h3-6H,7H2,1-2H3;1-2H3. The third kappa shape index (κ3) is 2.00. The normalized spacial score (nSPS) is 12.8. The third-order valence-electron chi connectivity index (χ3n) is 2.30. The van der Waals surface area contributed by atoms with Crippen molar-refractivity contribution in [3.05, 3.63) is 40.5 Å². The summed E-state index contributed by atoms with van der Waals surface area (Å²) in [5, 5.41) is 0. The molecular formula is C13H18. The molecule has 0 N–H and O–H groups in total. The Labute approximate surface area is 81.3 Å². The highest BCUT2D eigenvalue weighted by atomic mass is 14.1. The minimum absolute atomic E-state index is 1.15. The van der Waals surface area contributed by atoms with Crippen LogP contribution in [0.15, 0.2) is 23.8 Å². The Kier molecular flexibility index (Phi) is 3.30. The number of rotatable bonds is 0. The summed E-state index contributed by atoms with van der Waals surface area (Å²) in [6.45, 7) is 8.38. The summed E-state index contributed by atoms with van der Waals surface area (Å²) in [5.74, 6) is 0. The number of hydrogen-bond donors (Lipinski definition) is 0. The summed E-state index contributed by atoms with van der Waals surface area (Å²) >= 11 is 0. The van der Waals surface area contributed by atoms with Gasteiger partial charge in [-0.3, -0.25) is 0 Å². The Morgan fingerprint density at radius 1 is 1.08 bits per heavy atom. The smallest absolute Gasteiger partial charge is 0.00580 e. The van der Waals surface area contributed by atoms with Gasteiger partial charge in [0.25, 0.3) is 0 Å². The predicted molar refractivity (Wildman–Crippen MR) is 59.9 cm³/mol. The molecule has 0 aliphatic heterocycles. The van der Waals surface area contributed by atoms with E-state index in [0.29, 0.717) is 0 Å². The van der Waals surface area contributed by atoms with Crippen molar-refractivity contribution in [3.63, 3.8) is 0 Å². The molecule has 1 aromatic carbocycles. The second-order valence-electron chi connectivity index (χ2n) is 3.31. The van der Waals surface area contributed by atoms with E-state index in [1.807, 2.05) is 13.8 Å². The van der Waals surface area contributed by atoms with Gasteiger partial charge in [0.2, 0.25) is 0 Å². The van der Waals surface area contributed by atoms with Crippen LogP contribution in [0.25, 0.3) is 6.08 Å². The van der Waals surface area contributed by atoms with E-state index in [4.69, 9.17) is 0 Å². The van der Waals surface area contributed by atoms with Crippen LogP contribution in [0, 0.1) is 6.92 Å². The summed E-state index contributed by atoms with van der Waals surface area (Å²) in [5.41, 5.74) is 5.84. The van der Waals surface area contributed by atoms with Gasteiger partial charge in [-0.05, 0) is 37.0 Å². The van der Waals surface area contributed by atoms with Crippen LogP contribution in [-0.4, -0.2) is 0 Å². The summed E-state index contributed by atoms with van der Waals surface area (Å²) in [6.07, 6.45) is 3.43. The maximum absolute atomic E-state index is 2.28. The fourth-order valence-electron chi connectivity index (χ4n) is 1.70. The lowest BCUT2D eigenvalue weighted by Gasteiger charge is -2.01. The molecule has 0 heterocycles. The predicted octanol–water partition coefficient (Wildman–Crippen LogP) is 3.98. The Morgan fingerprint density at radius 2 is 1.77 bits per heavy atom. The molecule has 70 valence electrons. The first-order valence-corrected chi connectivity index (χ1v) is 5.03. The quantitative estimate of drug-likeness (QED) is 0.558. The maximum atomic E-state index is 2.28. The van der Waals surface area contributed by atoms with Gasteiger partial charge in [-0.25, -0.2) is 0 Å². The molecule has 0 radical (unpaired) electrons. The molecule has 13 heavy (non-hydrogen) atoms. The fourth-order valence-corrected chi connectivity index (χ4v) is 1.70. The molecule has 0 aromatic heterocycles. The summed E-state index contributed by atoms with van der Waals surface area (Å²) in [6, 6.07) is 6.51. The van der Waals surface area contributed by atoms with E-state index in [0.717, 1.165) is 6.42 Å². The zero-order valence-corrected chi connectivity index (χ0v) is 9.02. The van der Waals surface area contributed by atoms with Crippen LogP contribution >= 0.6 is 0 Å².